The molecule has 0 radical (unpaired) electrons. The van der Waals surface area contributed by atoms with Gasteiger partial charge in [-0.25, -0.2) is 4.79 Å². The number of halogens is 2. The molecule has 2 unspecified atom stereocenters. The number of urea groups is 1. The monoisotopic (exact) mass is 436 g/mol. The summed E-state index contributed by atoms with van der Waals surface area (Å²) in [5, 5.41) is 13.9. The van der Waals surface area contributed by atoms with E-state index in [1.807, 2.05) is 0 Å². The lowest BCUT2D eigenvalue weighted by Crippen LogP contribution is -2.48. The number of nitrogens with zero attached hydrogens (tertiary/aromatic N) is 1. The van der Waals surface area contributed by atoms with Crippen molar-refractivity contribution in [3.05, 3.63) is 58.1 Å². The average Bonchev–Trinajstić information content (AvgIpc) is 2.94. The highest BCUT2D eigenvalue weighted by molar-refractivity contribution is 6.34. The van der Waals surface area contributed by atoms with Crippen LogP contribution in [0.25, 0.3) is 0 Å². The zero-order chi connectivity index (χ0) is 20.6. The first-order chi connectivity index (χ1) is 13.9. The van der Waals surface area contributed by atoms with Crippen molar-refractivity contribution in [2.24, 2.45) is 0 Å². The Labute approximate surface area is 177 Å². The Morgan fingerprint density at radius 3 is 2.86 bits per heavy atom. The Kier molecular flexibility index (Phi) is 5.29. The lowest BCUT2D eigenvalue weighted by Gasteiger charge is -2.33. The molecular weight excluding hydrogens is 419 g/mol. The van der Waals surface area contributed by atoms with E-state index in [4.69, 9.17) is 32.7 Å². The molecule has 29 heavy (non-hydrogen) atoms. The number of nitrogens with one attached hydrogen (secondary N) is 1. The lowest BCUT2D eigenvalue weighted by molar-refractivity contribution is -0.133. The number of β-amino-alcohol motifs (C(OH)–C–C–N with tert-alkyl or cyclic N) is 1. The normalized spacial score (nSPS) is 21.6. The number of aliphatic hydroxyl groups excluding tert-OH is 1. The second-order valence-electron chi connectivity index (χ2n) is 6.89. The second kappa shape index (κ2) is 7.74. The Bertz CT molecular complexity index is 970. The Hall–Kier alpha value is -2.48. The van der Waals surface area contributed by atoms with Crippen molar-refractivity contribution in [1.29, 1.82) is 0 Å². The molecule has 1 saturated heterocycles. The van der Waals surface area contributed by atoms with Gasteiger partial charge in [-0.3, -0.25) is 9.69 Å². The molecule has 3 amide bonds. The number of carbonyl (C=O) groups excluding carboxylic acids is 2. The minimum absolute atomic E-state index is 0.163. The van der Waals surface area contributed by atoms with Gasteiger partial charge in [-0.15, -0.1) is 0 Å². The number of ether oxygens (including phenoxy) is 2. The summed E-state index contributed by atoms with van der Waals surface area (Å²) in [6.45, 7) is -0.0761. The van der Waals surface area contributed by atoms with E-state index in [0.29, 0.717) is 40.1 Å². The van der Waals surface area contributed by atoms with Crippen molar-refractivity contribution in [1.82, 2.24) is 10.2 Å². The van der Waals surface area contributed by atoms with Crippen LogP contribution in [0.15, 0.2) is 42.5 Å². The van der Waals surface area contributed by atoms with Crippen LogP contribution in [0.4, 0.5) is 4.79 Å². The number of hydrogen-bond acceptors (Lipinski definition) is 5. The van der Waals surface area contributed by atoms with E-state index in [9.17, 15) is 14.7 Å². The van der Waals surface area contributed by atoms with E-state index in [-0.39, 0.29) is 13.2 Å². The van der Waals surface area contributed by atoms with E-state index in [2.05, 4.69) is 5.32 Å². The fourth-order valence-electron chi connectivity index (χ4n) is 3.57. The maximum atomic E-state index is 13.2. The van der Waals surface area contributed by atoms with Crippen LogP contribution in [0.1, 0.15) is 12.0 Å². The topological polar surface area (TPSA) is 88.1 Å². The van der Waals surface area contributed by atoms with Crippen LogP contribution in [0.2, 0.25) is 10.0 Å². The quantitative estimate of drug-likeness (QED) is 0.703. The van der Waals surface area contributed by atoms with Crippen LogP contribution in [0, 0.1) is 0 Å². The number of para-hydroxylation sites is 1. The molecule has 7 nitrogen and oxygen atoms in total. The summed E-state index contributed by atoms with van der Waals surface area (Å²) in [6.07, 6.45) is -0.791. The fraction of sp³-hybridized carbons (Fsp3) is 0.300. The van der Waals surface area contributed by atoms with Gasteiger partial charge in [0, 0.05) is 23.1 Å². The zero-order valence-corrected chi connectivity index (χ0v) is 16.7. The van der Waals surface area contributed by atoms with Crippen molar-refractivity contribution < 1.29 is 24.2 Å². The van der Waals surface area contributed by atoms with Crippen molar-refractivity contribution in [2.75, 3.05) is 19.8 Å². The fourth-order valence-corrected chi connectivity index (χ4v) is 3.91. The van der Waals surface area contributed by atoms with Crippen molar-refractivity contribution in [3.63, 3.8) is 0 Å². The lowest BCUT2D eigenvalue weighted by atomic mass is 9.84. The van der Waals surface area contributed by atoms with Gasteiger partial charge in [0.25, 0.3) is 5.91 Å². The van der Waals surface area contributed by atoms with Crippen LogP contribution in [-0.4, -0.2) is 47.8 Å². The number of benzene rings is 2. The van der Waals surface area contributed by atoms with Crippen LogP contribution < -0.4 is 14.8 Å². The highest BCUT2D eigenvalue weighted by Gasteiger charge is 2.55. The van der Waals surface area contributed by atoms with Crippen LogP contribution in [-0.2, 0) is 10.3 Å². The number of hydrogen-bond donors (Lipinski definition) is 2. The minimum Gasteiger partial charge on any atom is -0.493 e. The molecule has 152 valence electrons. The van der Waals surface area contributed by atoms with Gasteiger partial charge in [0.15, 0.2) is 5.54 Å². The summed E-state index contributed by atoms with van der Waals surface area (Å²) in [5.74, 6) is 0.456. The number of rotatable bonds is 5. The Morgan fingerprint density at radius 2 is 2.03 bits per heavy atom. The largest absolute Gasteiger partial charge is 0.493 e. The van der Waals surface area contributed by atoms with Crippen molar-refractivity contribution >= 4 is 35.1 Å². The molecule has 2 aliphatic rings. The van der Waals surface area contributed by atoms with Crippen LogP contribution in [0.3, 0.4) is 0 Å². The maximum Gasteiger partial charge on any atom is 0.325 e. The molecule has 4 rings (SSSR count). The van der Waals surface area contributed by atoms with Gasteiger partial charge >= 0.3 is 6.03 Å². The standard InChI is InChI=1S/C20H18Cl2N2O5/c21-12-5-6-15(22)17(9-12)29-11-13(25)10-24-18(26)20(23-19(24)27)7-8-28-16-4-2-1-3-14(16)20/h1-6,9,13,25H,7-8,10-11H2,(H,23,27). The number of aliphatic hydroxyl groups is 1. The SMILES string of the molecule is O=C1NC2(CCOc3ccccc32)C(=O)N1CC(O)COc1cc(Cl)ccc1Cl. The van der Waals surface area contributed by atoms with Gasteiger partial charge < -0.3 is 19.9 Å². The molecule has 2 aliphatic heterocycles. The smallest absolute Gasteiger partial charge is 0.325 e. The van der Waals surface area contributed by atoms with E-state index in [1.165, 1.54) is 6.07 Å². The molecular formula is C20H18Cl2N2O5. The summed E-state index contributed by atoms with van der Waals surface area (Å²) in [6, 6.07) is 11.3. The highest BCUT2D eigenvalue weighted by Crippen LogP contribution is 2.41. The second-order valence-corrected chi connectivity index (χ2v) is 7.73. The third-order valence-corrected chi connectivity index (χ3v) is 5.52. The predicted molar refractivity (Wildman–Crippen MR) is 106 cm³/mol. The van der Waals surface area contributed by atoms with E-state index in [0.717, 1.165) is 4.90 Å². The molecule has 0 aliphatic carbocycles. The van der Waals surface area contributed by atoms with Gasteiger partial charge in [-0.1, -0.05) is 41.4 Å². The molecule has 0 saturated carbocycles. The third kappa shape index (κ3) is 3.61. The number of carbonyl (C=O) groups is 2. The third-order valence-electron chi connectivity index (χ3n) is 4.97. The maximum absolute atomic E-state index is 13.2. The first kappa shape index (κ1) is 19.8. The Balaban J connectivity index is 1.47. The molecule has 1 spiro atoms. The van der Waals surface area contributed by atoms with Crippen molar-refractivity contribution in [2.45, 2.75) is 18.1 Å². The zero-order valence-electron chi connectivity index (χ0n) is 15.2. The minimum atomic E-state index is -1.18. The molecule has 2 aromatic rings. The predicted octanol–water partition coefficient (Wildman–Crippen LogP) is 2.96. The molecule has 0 aromatic heterocycles. The molecule has 1 fully saturated rings. The summed E-state index contributed by atoms with van der Waals surface area (Å²) < 4.78 is 11.1. The summed E-state index contributed by atoms with van der Waals surface area (Å²) in [5.41, 5.74) is -0.563. The summed E-state index contributed by atoms with van der Waals surface area (Å²) in [7, 11) is 0. The average molecular weight is 437 g/mol. The molecule has 2 heterocycles. The summed E-state index contributed by atoms with van der Waals surface area (Å²) >= 11 is 12.0. The van der Waals surface area contributed by atoms with Gasteiger partial charge in [-0.05, 0) is 18.2 Å². The van der Waals surface area contributed by atoms with E-state index < -0.39 is 23.6 Å². The van der Waals surface area contributed by atoms with E-state index in [1.54, 1.807) is 36.4 Å². The van der Waals surface area contributed by atoms with Crippen molar-refractivity contribution in [3.8, 4) is 11.5 Å². The molecule has 2 aromatic carbocycles. The van der Waals surface area contributed by atoms with Gasteiger partial charge in [0.1, 0.15) is 24.2 Å². The number of amides is 3. The van der Waals surface area contributed by atoms with Gasteiger partial charge in [0.05, 0.1) is 18.2 Å². The number of imide groups is 1. The number of fused-ring (bicyclic) bond motifs is 2. The highest BCUT2D eigenvalue weighted by atomic mass is 35.5. The van der Waals surface area contributed by atoms with Crippen LogP contribution >= 0.6 is 23.2 Å². The van der Waals surface area contributed by atoms with Crippen LogP contribution in [0.5, 0.6) is 11.5 Å². The van der Waals surface area contributed by atoms with Gasteiger partial charge in [-0.2, -0.15) is 0 Å². The molecule has 0 bridgehead atoms. The van der Waals surface area contributed by atoms with Gasteiger partial charge in [0.2, 0.25) is 0 Å². The van der Waals surface area contributed by atoms with E-state index >= 15 is 0 Å². The first-order valence-electron chi connectivity index (χ1n) is 9.03. The molecule has 2 atom stereocenters. The molecule has 9 heteroatoms. The molecule has 2 N–H and O–H groups in total. The first-order valence-corrected chi connectivity index (χ1v) is 9.78. The summed E-state index contributed by atoms with van der Waals surface area (Å²) in [4.78, 5) is 26.7. The Morgan fingerprint density at radius 1 is 1.24 bits per heavy atom.